The number of hydrogen-bond acceptors (Lipinski definition) is 5. The van der Waals surface area contributed by atoms with Gasteiger partial charge in [-0.1, -0.05) is 17.8 Å². The molecule has 0 bridgehead atoms. The smallest absolute Gasteiger partial charge is 0.340 e. The molecule has 2 aromatic rings. The topological polar surface area (TPSA) is 68.3 Å². The summed E-state index contributed by atoms with van der Waals surface area (Å²) in [6, 6.07) is 9.14. The Morgan fingerprint density at radius 2 is 2.14 bits per heavy atom. The van der Waals surface area contributed by atoms with Gasteiger partial charge in [0.25, 0.3) is 0 Å². The van der Waals surface area contributed by atoms with E-state index in [9.17, 15) is 14.0 Å². The van der Waals surface area contributed by atoms with Gasteiger partial charge in [0, 0.05) is 11.9 Å². The highest BCUT2D eigenvalue weighted by Crippen LogP contribution is 2.18. The first-order valence-corrected chi connectivity index (χ1v) is 7.30. The van der Waals surface area contributed by atoms with Crippen LogP contribution in [0.5, 0.6) is 0 Å². The van der Waals surface area contributed by atoms with Crippen LogP contribution in [0.25, 0.3) is 0 Å². The number of amides is 1. The van der Waals surface area contributed by atoms with Crippen molar-refractivity contribution in [1.82, 2.24) is 4.98 Å². The largest absolute Gasteiger partial charge is 0.465 e. The van der Waals surface area contributed by atoms with E-state index in [0.29, 0.717) is 5.69 Å². The molecule has 1 N–H and O–H groups in total. The molecular formula is C15H13FN2O3S. The lowest BCUT2D eigenvalue weighted by molar-refractivity contribution is -0.113. The van der Waals surface area contributed by atoms with E-state index in [1.807, 2.05) is 6.07 Å². The molecule has 7 heteroatoms. The minimum atomic E-state index is -0.795. The highest BCUT2D eigenvalue weighted by molar-refractivity contribution is 7.99. The molecule has 0 saturated carbocycles. The Bertz CT molecular complexity index is 680. The summed E-state index contributed by atoms with van der Waals surface area (Å²) in [5, 5.41) is 3.33. The maximum Gasteiger partial charge on any atom is 0.340 e. The SMILES string of the molecule is COC(=O)c1cc(NC(=O)CSc2ccccn2)ccc1F. The first kappa shape index (κ1) is 16.0. The number of halogens is 1. The first-order chi connectivity index (χ1) is 10.6. The molecular weight excluding hydrogens is 307 g/mol. The van der Waals surface area contributed by atoms with Crippen molar-refractivity contribution < 1.29 is 18.7 Å². The Kier molecular flexibility index (Phi) is 5.48. The van der Waals surface area contributed by atoms with Crippen LogP contribution in [-0.4, -0.2) is 29.7 Å². The summed E-state index contributed by atoms with van der Waals surface area (Å²) in [7, 11) is 1.16. The molecule has 114 valence electrons. The van der Waals surface area contributed by atoms with E-state index < -0.39 is 11.8 Å². The van der Waals surface area contributed by atoms with Crippen molar-refractivity contribution in [2.24, 2.45) is 0 Å². The number of methoxy groups -OCH3 is 1. The van der Waals surface area contributed by atoms with Crippen LogP contribution >= 0.6 is 11.8 Å². The normalized spacial score (nSPS) is 10.1. The van der Waals surface area contributed by atoms with Gasteiger partial charge < -0.3 is 10.1 Å². The van der Waals surface area contributed by atoms with Gasteiger partial charge in [0.2, 0.25) is 5.91 Å². The zero-order valence-electron chi connectivity index (χ0n) is 11.7. The molecule has 5 nitrogen and oxygen atoms in total. The van der Waals surface area contributed by atoms with Gasteiger partial charge in [-0.2, -0.15) is 0 Å². The average molecular weight is 320 g/mol. The highest BCUT2D eigenvalue weighted by atomic mass is 32.2. The van der Waals surface area contributed by atoms with E-state index in [4.69, 9.17) is 0 Å². The van der Waals surface area contributed by atoms with Crippen molar-refractivity contribution in [2.75, 3.05) is 18.2 Å². The van der Waals surface area contributed by atoms with Gasteiger partial charge in [0.1, 0.15) is 5.82 Å². The average Bonchev–Trinajstić information content (AvgIpc) is 2.55. The van der Waals surface area contributed by atoms with Crippen LogP contribution in [0.2, 0.25) is 0 Å². The fraction of sp³-hybridized carbons (Fsp3) is 0.133. The highest BCUT2D eigenvalue weighted by Gasteiger charge is 2.13. The second kappa shape index (κ2) is 7.56. The number of nitrogens with zero attached hydrogens (tertiary/aromatic N) is 1. The van der Waals surface area contributed by atoms with Crippen molar-refractivity contribution in [3.63, 3.8) is 0 Å². The van der Waals surface area contributed by atoms with Crippen molar-refractivity contribution >= 4 is 29.3 Å². The predicted octanol–water partition coefficient (Wildman–Crippen LogP) is 2.74. The van der Waals surface area contributed by atoms with Crippen molar-refractivity contribution in [1.29, 1.82) is 0 Å². The van der Waals surface area contributed by atoms with E-state index in [2.05, 4.69) is 15.0 Å². The second-order valence-corrected chi connectivity index (χ2v) is 5.19. The van der Waals surface area contributed by atoms with Crippen LogP contribution in [0.3, 0.4) is 0 Å². The van der Waals surface area contributed by atoms with Gasteiger partial charge in [-0.05, 0) is 30.3 Å². The zero-order chi connectivity index (χ0) is 15.9. The third-order valence-corrected chi connectivity index (χ3v) is 3.59. The van der Waals surface area contributed by atoms with Gasteiger partial charge in [-0.25, -0.2) is 14.2 Å². The Morgan fingerprint density at radius 1 is 1.32 bits per heavy atom. The molecule has 22 heavy (non-hydrogen) atoms. The Hall–Kier alpha value is -2.41. The van der Waals surface area contributed by atoms with Crippen molar-refractivity contribution in [2.45, 2.75) is 5.03 Å². The van der Waals surface area contributed by atoms with Crippen LogP contribution in [0.15, 0.2) is 47.6 Å². The summed E-state index contributed by atoms with van der Waals surface area (Å²) in [4.78, 5) is 27.3. The number of aromatic nitrogens is 1. The molecule has 0 aliphatic rings. The lowest BCUT2D eigenvalue weighted by atomic mass is 10.2. The Morgan fingerprint density at radius 3 is 2.82 bits per heavy atom. The number of pyridine rings is 1. The quantitative estimate of drug-likeness (QED) is 0.678. The number of anilines is 1. The summed E-state index contributed by atoms with van der Waals surface area (Å²) >= 11 is 1.28. The van der Waals surface area contributed by atoms with E-state index >= 15 is 0 Å². The molecule has 0 aliphatic carbocycles. The molecule has 1 amide bonds. The summed E-state index contributed by atoms with van der Waals surface area (Å²) in [6.45, 7) is 0. The third kappa shape index (κ3) is 4.29. The number of benzene rings is 1. The second-order valence-electron chi connectivity index (χ2n) is 4.19. The molecule has 2 rings (SSSR count). The number of carbonyl (C=O) groups excluding carboxylic acids is 2. The molecule has 0 fully saturated rings. The van der Waals surface area contributed by atoms with E-state index in [0.717, 1.165) is 18.2 Å². The van der Waals surface area contributed by atoms with Crippen LogP contribution in [0.1, 0.15) is 10.4 Å². The van der Waals surface area contributed by atoms with Crippen LogP contribution in [-0.2, 0) is 9.53 Å². The fourth-order valence-corrected chi connectivity index (χ4v) is 2.30. The van der Waals surface area contributed by atoms with Crippen LogP contribution < -0.4 is 5.32 Å². The molecule has 1 heterocycles. The fourth-order valence-electron chi connectivity index (χ4n) is 1.64. The number of nitrogens with one attached hydrogen (secondary N) is 1. The standard InChI is InChI=1S/C15H13FN2O3S/c1-21-15(20)11-8-10(5-6-12(11)16)18-13(19)9-22-14-4-2-3-7-17-14/h2-8H,9H2,1H3,(H,18,19). The molecule has 0 unspecified atom stereocenters. The monoisotopic (exact) mass is 320 g/mol. The maximum absolute atomic E-state index is 13.5. The number of ether oxygens (including phenoxy) is 1. The Balaban J connectivity index is 1.98. The molecule has 0 aliphatic heterocycles. The lowest BCUT2D eigenvalue weighted by Crippen LogP contribution is -2.15. The summed E-state index contributed by atoms with van der Waals surface area (Å²) in [6.07, 6.45) is 1.64. The molecule has 1 aromatic heterocycles. The first-order valence-electron chi connectivity index (χ1n) is 6.31. The third-order valence-electron chi connectivity index (χ3n) is 2.64. The number of carbonyl (C=O) groups is 2. The summed E-state index contributed by atoms with van der Waals surface area (Å²) in [5.74, 6) is -1.62. The van der Waals surface area contributed by atoms with Gasteiger partial charge in [-0.3, -0.25) is 4.79 Å². The number of hydrogen-bond donors (Lipinski definition) is 1. The van der Waals surface area contributed by atoms with E-state index in [1.54, 1.807) is 18.3 Å². The zero-order valence-corrected chi connectivity index (χ0v) is 12.5. The van der Waals surface area contributed by atoms with Gasteiger partial charge >= 0.3 is 5.97 Å². The van der Waals surface area contributed by atoms with Crippen LogP contribution in [0.4, 0.5) is 10.1 Å². The van der Waals surface area contributed by atoms with Crippen molar-refractivity contribution in [3.8, 4) is 0 Å². The molecule has 1 aromatic carbocycles. The maximum atomic E-state index is 13.5. The predicted molar refractivity (Wildman–Crippen MR) is 81.3 cm³/mol. The Labute approximate surface area is 130 Å². The number of rotatable bonds is 5. The van der Waals surface area contributed by atoms with E-state index in [-0.39, 0.29) is 17.2 Å². The van der Waals surface area contributed by atoms with Crippen molar-refractivity contribution in [3.05, 3.63) is 54.0 Å². The van der Waals surface area contributed by atoms with Crippen LogP contribution in [0, 0.1) is 5.82 Å². The molecule has 0 spiro atoms. The molecule has 0 atom stereocenters. The number of thioether (sulfide) groups is 1. The number of esters is 1. The van der Waals surface area contributed by atoms with Gasteiger partial charge in [0.15, 0.2) is 0 Å². The molecule has 0 saturated heterocycles. The minimum absolute atomic E-state index is 0.155. The van der Waals surface area contributed by atoms with Gasteiger partial charge in [0.05, 0.1) is 23.5 Å². The minimum Gasteiger partial charge on any atom is -0.465 e. The van der Waals surface area contributed by atoms with Gasteiger partial charge in [-0.15, -0.1) is 0 Å². The summed E-state index contributed by atoms with van der Waals surface area (Å²) in [5.41, 5.74) is 0.103. The lowest BCUT2D eigenvalue weighted by Gasteiger charge is -2.07. The van der Waals surface area contributed by atoms with E-state index in [1.165, 1.54) is 23.9 Å². The molecule has 0 radical (unpaired) electrons. The summed E-state index contributed by atoms with van der Waals surface area (Å²) < 4.78 is 18.0.